The van der Waals surface area contributed by atoms with E-state index in [1.807, 2.05) is 24.3 Å². The number of benzene rings is 2. The van der Waals surface area contributed by atoms with Crippen LogP contribution in [0.1, 0.15) is 12.5 Å². The standard InChI is InChI=1S/C24H25ClFN4O4/c1-3-33-14-20(30(16(2)31)28-13-19-9-6-10-21(26)23(19)25)15-34-24(32)29-22-11-17-7-4-5-8-18(17)12-27-22/h4-12,20,28H,1,3,13-15H2,2H3,(H,27,29,32)/t20-/m0/s1. The Bertz CT molecular complexity index is 1150. The fourth-order valence-corrected chi connectivity index (χ4v) is 3.43. The van der Waals surface area contributed by atoms with Crippen molar-refractivity contribution < 1.29 is 23.5 Å². The van der Waals surface area contributed by atoms with Gasteiger partial charge in [-0.2, -0.15) is 0 Å². The third-order valence-corrected chi connectivity index (χ3v) is 5.32. The first-order chi connectivity index (χ1) is 16.4. The van der Waals surface area contributed by atoms with Gasteiger partial charge in [0.25, 0.3) is 0 Å². The summed E-state index contributed by atoms with van der Waals surface area (Å²) in [6.45, 7) is 5.07. The number of amides is 2. The molecule has 0 fully saturated rings. The average Bonchev–Trinajstić information content (AvgIpc) is 2.82. The number of aromatic nitrogens is 1. The van der Waals surface area contributed by atoms with Gasteiger partial charge < -0.3 is 9.47 Å². The van der Waals surface area contributed by atoms with Crippen molar-refractivity contribution in [3.8, 4) is 0 Å². The lowest BCUT2D eigenvalue weighted by Crippen LogP contribution is -2.52. The van der Waals surface area contributed by atoms with E-state index in [9.17, 15) is 14.0 Å². The number of hydrogen-bond donors (Lipinski definition) is 2. The van der Waals surface area contributed by atoms with Gasteiger partial charge in [-0.25, -0.2) is 19.6 Å². The van der Waals surface area contributed by atoms with Gasteiger partial charge >= 0.3 is 6.09 Å². The number of ether oxygens (including phenoxy) is 2. The molecule has 0 bridgehead atoms. The smallest absolute Gasteiger partial charge is 0.412 e. The van der Waals surface area contributed by atoms with Gasteiger partial charge in [-0.05, 0) is 30.0 Å². The minimum Gasteiger partial charge on any atom is -0.447 e. The van der Waals surface area contributed by atoms with Gasteiger partial charge in [-0.3, -0.25) is 15.1 Å². The summed E-state index contributed by atoms with van der Waals surface area (Å²) in [5.41, 5.74) is 3.38. The quantitative estimate of drug-likeness (QED) is 0.413. The van der Waals surface area contributed by atoms with Crippen LogP contribution < -0.4 is 10.7 Å². The lowest BCUT2D eigenvalue weighted by Gasteiger charge is -2.31. The molecule has 179 valence electrons. The van der Waals surface area contributed by atoms with Gasteiger partial charge in [-0.15, -0.1) is 0 Å². The zero-order valence-corrected chi connectivity index (χ0v) is 19.3. The molecule has 2 N–H and O–H groups in total. The van der Waals surface area contributed by atoms with E-state index in [2.05, 4.69) is 22.7 Å². The summed E-state index contributed by atoms with van der Waals surface area (Å²) in [4.78, 5) is 28.9. The Balaban J connectivity index is 1.64. The largest absolute Gasteiger partial charge is 0.447 e. The topological polar surface area (TPSA) is 92.8 Å². The van der Waals surface area contributed by atoms with E-state index in [1.165, 1.54) is 24.1 Å². The summed E-state index contributed by atoms with van der Waals surface area (Å²) in [5.74, 6) is -0.587. The zero-order chi connectivity index (χ0) is 24.5. The van der Waals surface area contributed by atoms with Gasteiger partial charge in [0.05, 0.1) is 11.6 Å². The molecule has 0 aliphatic carbocycles. The summed E-state index contributed by atoms with van der Waals surface area (Å²) >= 11 is 6.00. The van der Waals surface area contributed by atoms with Crippen LogP contribution in [-0.2, 0) is 20.8 Å². The van der Waals surface area contributed by atoms with E-state index in [-0.39, 0.29) is 37.3 Å². The lowest BCUT2D eigenvalue weighted by molar-refractivity contribution is -0.138. The van der Waals surface area contributed by atoms with Gasteiger partial charge in [0.1, 0.15) is 24.3 Å². The van der Waals surface area contributed by atoms with Crippen LogP contribution >= 0.6 is 11.6 Å². The number of rotatable bonds is 10. The molecule has 2 amide bonds. The van der Waals surface area contributed by atoms with Gasteiger partial charge in [0, 0.05) is 31.7 Å². The number of nitrogens with one attached hydrogen (secondary N) is 2. The van der Waals surface area contributed by atoms with Crippen LogP contribution in [0, 0.1) is 12.7 Å². The maximum Gasteiger partial charge on any atom is 0.412 e. The molecule has 3 aromatic rings. The molecule has 3 rings (SSSR count). The van der Waals surface area contributed by atoms with Crippen molar-refractivity contribution >= 4 is 40.2 Å². The molecule has 0 aliphatic heterocycles. The molecule has 0 unspecified atom stereocenters. The SMILES string of the molecule is [CH2]COC[C@@H](COC(=O)Nc1cc2ccccc2cn1)N(NCc1cccc(F)c1Cl)C(C)=O. The predicted octanol–water partition coefficient (Wildman–Crippen LogP) is 4.35. The normalized spacial score (nSPS) is 11.8. The highest BCUT2D eigenvalue weighted by atomic mass is 35.5. The summed E-state index contributed by atoms with van der Waals surface area (Å²) in [7, 11) is 0. The monoisotopic (exact) mass is 487 g/mol. The molecule has 1 heterocycles. The molecule has 1 radical (unpaired) electrons. The second kappa shape index (κ2) is 12.3. The van der Waals surface area contributed by atoms with Crippen LogP contribution in [0.4, 0.5) is 15.0 Å². The number of hydrogen-bond acceptors (Lipinski definition) is 6. The van der Waals surface area contributed by atoms with Crippen LogP contribution in [-0.4, -0.2) is 47.9 Å². The highest BCUT2D eigenvalue weighted by Crippen LogP contribution is 2.20. The Kier molecular flexibility index (Phi) is 9.15. The predicted molar refractivity (Wildman–Crippen MR) is 127 cm³/mol. The number of halogens is 2. The first-order valence-corrected chi connectivity index (χ1v) is 10.9. The molecular formula is C24H25ClFN4O4. The number of anilines is 1. The first-order valence-electron chi connectivity index (χ1n) is 10.5. The maximum absolute atomic E-state index is 13.7. The molecule has 0 spiro atoms. The van der Waals surface area contributed by atoms with Gasteiger partial charge in [-0.1, -0.05) is 48.0 Å². The lowest BCUT2D eigenvalue weighted by atomic mass is 10.2. The van der Waals surface area contributed by atoms with E-state index in [0.717, 1.165) is 10.8 Å². The number of hydrazine groups is 1. The Morgan fingerprint density at radius 2 is 1.94 bits per heavy atom. The van der Waals surface area contributed by atoms with Gasteiger partial charge in [0.15, 0.2) is 0 Å². The van der Waals surface area contributed by atoms with E-state index in [0.29, 0.717) is 11.4 Å². The summed E-state index contributed by atoms with van der Waals surface area (Å²) < 4.78 is 24.4. The summed E-state index contributed by atoms with van der Waals surface area (Å²) in [6, 6.07) is 13.1. The molecule has 0 aliphatic rings. The number of fused-ring (bicyclic) bond motifs is 1. The second-order valence-corrected chi connectivity index (χ2v) is 7.68. The van der Waals surface area contributed by atoms with Crippen molar-refractivity contribution in [3.63, 3.8) is 0 Å². The molecule has 2 aromatic carbocycles. The third-order valence-electron chi connectivity index (χ3n) is 4.90. The van der Waals surface area contributed by atoms with Crippen LogP contribution in [0.25, 0.3) is 10.8 Å². The molecule has 34 heavy (non-hydrogen) atoms. The van der Waals surface area contributed by atoms with Crippen molar-refractivity contribution in [1.29, 1.82) is 0 Å². The minimum absolute atomic E-state index is 0.0393. The molecule has 8 nitrogen and oxygen atoms in total. The fourth-order valence-electron chi connectivity index (χ4n) is 3.23. The number of nitrogens with zero attached hydrogens (tertiary/aromatic N) is 2. The van der Waals surface area contributed by atoms with Crippen LogP contribution in [0.15, 0.2) is 54.7 Å². The molecule has 1 aromatic heterocycles. The Labute approximate surface area is 202 Å². The zero-order valence-electron chi connectivity index (χ0n) is 18.6. The second-order valence-electron chi connectivity index (χ2n) is 7.31. The molecule has 0 saturated heterocycles. The molecule has 0 saturated carbocycles. The minimum atomic E-state index is -0.737. The van der Waals surface area contributed by atoms with E-state index >= 15 is 0 Å². The Morgan fingerprint density at radius 1 is 1.18 bits per heavy atom. The molecule has 1 atom stereocenters. The highest BCUT2D eigenvalue weighted by molar-refractivity contribution is 6.31. The van der Waals surface area contributed by atoms with Gasteiger partial charge in [0.2, 0.25) is 5.91 Å². The molecular weight excluding hydrogens is 463 g/mol. The van der Waals surface area contributed by atoms with Crippen molar-refractivity contribution in [2.24, 2.45) is 0 Å². The van der Waals surface area contributed by atoms with Crippen molar-refractivity contribution in [3.05, 3.63) is 78.1 Å². The van der Waals surface area contributed by atoms with Crippen LogP contribution in [0.5, 0.6) is 0 Å². The Hall–Kier alpha value is -3.27. The van der Waals surface area contributed by atoms with Crippen molar-refractivity contribution in [1.82, 2.24) is 15.4 Å². The fraction of sp³-hybridized carbons (Fsp3) is 0.250. The number of carbonyl (C=O) groups excluding carboxylic acids is 2. The van der Waals surface area contributed by atoms with E-state index < -0.39 is 18.0 Å². The highest BCUT2D eigenvalue weighted by Gasteiger charge is 2.24. The number of carbonyl (C=O) groups is 2. The summed E-state index contributed by atoms with van der Waals surface area (Å²) in [6.07, 6.45) is 0.911. The maximum atomic E-state index is 13.7. The van der Waals surface area contributed by atoms with Crippen molar-refractivity contribution in [2.45, 2.75) is 19.5 Å². The van der Waals surface area contributed by atoms with Crippen LogP contribution in [0.3, 0.4) is 0 Å². The third kappa shape index (κ3) is 6.86. The van der Waals surface area contributed by atoms with Crippen molar-refractivity contribution in [2.75, 3.05) is 25.1 Å². The average molecular weight is 488 g/mol. The van der Waals surface area contributed by atoms with E-state index in [4.69, 9.17) is 21.1 Å². The van der Waals surface area contributed by atoms with Crippen LogP contribution in [0.2, 0.25) is 5.02 Å². The molecule has 10 heteroatoms. The van der Waals surface area contributed by atoms with E-state index in [1.54, 1.807) is 18.3 Å². The number of pyridine rings is 1. The summed E-state index contributed by atoms with van der Waals surface area (Å²) in [5, 5.41) is 5.65. The first kappa shape index (κ1) is 25.4. The Morgan fingerprint density at radius 3 is 2.68 bits per heavy atom.